The van der Waals surface area contributed by atoms with Crippen LogP contribution in [0.2, 0.25) is 0 Å². The van der Waals surface area contributed by atoms with E-state index in [1.54, 1.807) is 0 Å². The Balaban J connectivity index is 1.38. The van der Waals surface area contributed by atoms with E-state index >= 15 is 0 Å². The third-order valence-corrected chi connectivity index (χ3v) is 6.22. The Morgan fingerprint density at radius 2 is 1.38 bits per heavy atom. The lowest BCUT2D eigenvalue weighted by molar-refractivity contribution is -0.117. The standard InChI is InChI=1S/C30H27NO3/c32-27-16-15-26(19-27)24-11-13-25(14-12-24)28-17-18-29(33-20-22-7-3-1-4-8-22)31-30(28)34-21-23-9-5-2-6-10-23/h1-14,17-18,26H,15-16,19-21H2. The third-order valence-electron chi connectivity index (χ3n) is 6.22. The zero-order valence-electron chi connectivity index (χ0n) is 19.0. The van der Waals surface area contributed by atoms with E-state index in [4.69, 9.17) is 14.5 Å². The number of hydrogen-bond acceptors (Lipinski definition) is 4. The van der Waals surface area contributed by atoms with Gasteiger partial charge < -0.3 is 9.47 Å². The summed E-state index contributed by atoms with van der Waals surface area (Å²) in [6.07, 6.45) is 2.29. The highest BCUT2D eigenvalue weighted by atomic mass is 16.5. The van der Waals surface area contributed by atoms with Gasteiger partial charge in [0.2, 0.25) is 11.8 Å². The summed E-state index contributed by atoms with van der Waals surface area (Å²) < 4.78 is 12.1. The number of Topliss-reactive ketones (excluding diaryl/α,β-unsaturated/α-hetero) is 1. The molecule has 0 spiro atoms. The van der Waals surface area contributed by atoms with Crippen molar-refractivity contribution in [2.75, 3.05) is 0 Å². The molecule has 5 rings (SSSR count). The van der Waals surface area contributed by atoms with E-state index in [9.17, 15) is 4.79 Å². The molecule has 1 saturated carbocycles. The number of pyridine rings is 1. The normalized spacial score (nSPS) is 15.3. The van der Waals surface area contributed by atoms with Crippen molar-refractivity contribution < 1.29 is 14.3 Å². The van der Waals surface area contributed by atoms with Crippen molar-refractivity contribution in [2.24, 2.45) is 0 Å². The van der Waals surface area contributed by atoms with E-state index in [0.29, 0.717) is 49.5 Å². The van der Waals surface area contributed by atoms with Crippen LogP contribution in [0, 0.1) is 0 Å². The first-order valence-corrected chi connectivity index (χ1v) is 11.7. The van der Waals surface area contributed by atoms with Gasteiger partial charge in [-0.25, -0.2) is 0 Å². The molecule has 1 aliphatic rings. The lowest BCUT2D eigenvalue weighted by Gasteiger charge is -2.14. The van der Waals surface area contributed by atoms with Gasteiger partial charge in [0.1, 0.15) is 19.0 Å². The molecule has 1 fully saturated rings. The molecule has 0 saturated heterocycles. The van der Waals surface area contributed by atoms with Crippen LogP contribution < -0.4 is 9.47 Å². The minimum absolute atomic E-state index is 0.335. The molecular formula is C30H27NO3. The average molecular weight is 450 g/mol. The molecule has 0 N–H and O–H groups in total. The predicted molar refractivity (Wildman–Crippen MR) is 133 cm³/mol. The number of hydrogen-bond donors (Lipinski definition) is 0. The van der Waals surface area contributed by atoms with Crippen LogP contribution in [0.1, 0.15) is 41.9 Å². The van der Waals surface area contributed by atoms with Crippen LogP contribution in [0.15, 0.2) is 97.1 Å². The summed E-state index contributed by atoms with van der Waals surface area (Å²) in [5, 5.41) is 0. The first-order chi connectivity index (χ1) is 16.7. The van der Waals surface area contributed by atoms with Crippen LogP contribution in [0.5, 0.6) is 11.8 Å². The van der Waals surface area contributed by atoms with Crippen molar-refractivity contribution in [1.29, 1.82) is 0 Å². The van der Waals surface area contributed by atoms with Crippen molar-refractivity contribution in [3.8, 4) is 22.9 Å². The molecule has 3 aromatic carbocycles. The summed E-state index contributed by atoms with van der Waals surface area (Å²) in [7, 11) is 0. The van der Waals surface area contributed by atoms with E-state index in [1.165, 1.54) is 5.56 Å². The fourth-order valence-corrected chi connectivity index (χ4v) is 4.32. The molecule has 4 aromatic rings. The second-order valence-electron chi connectivity index (χ2n) is 8.65. The molecule has 1 aromatic heterocycles. The smallest absolute Gasteiger partial charge is 0.225 e. The number of ketones is 1. The highest BCUT2D eigenvalue weighted by molar-refractivity contribution is 5.81. The SMILES string of the molecule is O=C1CCC(c2ccc(-c3ccc(OCc4ccccc4)nc3OCc3ccccc3)cc2)C1. The summed E-state index contributed by atoms with van der Waals surface area (Å²) in [6.45, 7) is 0.866. The molecule has 1 aliphatic carbocycles. The number of carbonyl (C=O) groups excluding carboxylic acids is 1. The van der Waals surface area contributed by atoms with Crippen molar-refractivity contribution >= 4 is 5.78 Å². The summed E-state index contributed by atoms with van der Waals surface area (Å²) in [6, 6.07) is 32.4. The lowest BCUT2D eigenvalue weighted by Crippen LogP contribution is -2.02. The van der Waals surface area contributed by atoms with Crippen LogP contribution in [0.25, 0.3) is 11.1 Å². The van der Waals surface area contributed by atoms with Gasteiger partial charge in [-0.3, -0.25) is 4.79 Å². The molecule has 0 amide bonds. The second kappa shape index (κ2) is 10.3. The Morgan fingerprint density at radius 3 is 2.00 bits per heavy atom. The van der Waals surface area contributed by atoms with Gasteiger partial charge in [-0.2, -0.15) is 4.98 Å². The molecule has 0 aliphatic heterocycles. The first-order valence-electron chi connectivity index (χ1n) is 11.7. The fourth-order valence-electron chi connectivity index (χ4n) is 4.32. The first kappa shape index (κ1) is 21.9. The third kappa shape index (κ3) is 5.34. The van der Waals surface area contributed by atoms with Crippen molar-refractivity contribution in [3.63, 3.8) is 0 Å². The molecule has 1 atom stereocenters. The number of benzene rings is 3. The predicted octanol–water partition coefficient (Wildman–Crippen LogP) is 6.74. The monoisotopic (exact) mass is 449 g/mol. The Bertz CT molecular complexity index is 1240. The van der Waals surface area contributed by atoms with E-state index in [-0.39, 0.29) is 0 Å². The van der Waals surface area contributed by atoms with E-state index in [2.05, 4.69) is 24.3 Å². The summed E-state index contributed by atoms with van der Waals surface area (Å²) in [5.74, 6) is 1.76. The zero-order chi connectivity index (χ0) is 23.2. The Kier molecular flexibility index (Phi) is 6.66. The Morgan fingerprint density at radius 1 is 0.735 bits per heavy atom. The van der Waals surface area contributed by atoms with Crippen LogP contribution >= 0.6 is 0 Å². The quantitative estimate of drug-likeness (QED) is 0.299. The maximum atomic E-state index is 11.7. The number of carbonyl (C=O) groups is 1. The summed E-state index contributed by atoms with van der Waals surface area (Å²) >= 11 is 0. The van der Waals surface area contributed by atoms with Crippen LogP contribution in [0.3, 0.4) is 0 Å². The molecule has 170 valence electrons. The van der Waals surface area contributed by atoms with E-state index < -0.39 is 0 Å². The second-order valence-corrected chi connectivity index (χ2v) is 8.65. The molecule has 4 heteroatoms. The molecule has 1 unspecified atom stereocenters. The maximum Gasteiger partial charge on any atom is 0.225 e. The van der Waals surface area contributed by atoms with Gasteiger partial charge >= 0.3 is 0 Å². The fraction of sp³-hybridized carbons (Fsp3) is 0.200. The zero-order valence-corrected chi connectivity index (χ0v) is 19.0. The topological polar surface area (TPSA) is 48.4 Å². The largest absolute Gasteiger partial charge is 0.473 e. The molecule has 0 bridgehead atoms. The average Bonchev–Trinajstić information content (AvgIpc) is 3.34. The van der Waals surface area contributed by atoms with Crippen LogP contribution in [-0.2, 0) is 18.0 Å². The summed E-state index contributed by atoms with van der Waals surface area (Å²) in [5.41, 5.74) is 5.32. The molecule has 0 radical (unpaired) electrons. The van der Waals surface area contributed by atoms with Gasteiger partial charge in [-0.05, 0) is 40.7 Å². The molecule has 34 heavy (non-hydrogen) atoms. The Hall–Kier alpha value is -3.92. The minimum Gasteiger partial charge on any atom is -0.473 e. The van der Waals surface area contributed by atoms with Gasteiger partial charge in [0.05, 0.1) is 0 Å². The van der Waals surface area contributed by atoms with Crippen LogP contribution in [0.4, 0.5) is 0 Å². The van der Waals surface area contributed by atoms with Gasteiger partial charge in [0.25, 0.3) is 0 Å². The van der Waals surface area contributed by atoms with Crippen LogP contribution in [-0.4, -0.2) is 10.8 Å². The van der Waals surface area contributed by atoms with Crippen molar-refractivity contribution in [3.05, 3.63) is 114 Å². The molecule has 4 nitrogen and oxygen atoms in total. The molecular weight excluding hydrogens is 422 g/mol. The maximum absolute atomic E-state index is 11.7. The number of ether oxygens (including phenoxy) is 2. The number of rotatable bonds is 8. The number of nitrogens with zero attached hydrogens (tertiary/aromatic N) is 1. The lowest BCUT2D eigenvalue weighted by atomic mass is 9.95. The highest BCUT2D eigenvalue weighted by Crippen LogP contribution is 2.35. The number of aromatic nitrogens is 1. The van der Waals surface area contributed by atoms with Gasteiger partial charge in [0.15, 0.2) is 0 Å². The van der Waals surface area contributed by atoms with Gasteiger partial charge in [0, 0.05) is 24.5 Å². The van der Waals surface area contributed by atoms with Crippen molar-refractivity contribution in [1.82, 2.24) is 4.98 Å². The summed E-state index contributed by atoms with van der Waals surface area (Å²) in [4.78, 5) is 16.4. The molecule has 1 heterocycles. The van der Waals surface area contributed by atoms with Gasteiger partial charge in [-0.1, -0.05) is 84.9 Å². The highest BCUT2D eigenvalue weighted by Gasteiger charge is 2.23. The van der Waals surface area contributed by atoms with E-state index in [1.807, 2.05) is 72.8 Å². The van der Waals surface area contributed by atoms with Crippen molar-refractivity contribution in [2.45, 2.75) is 38.4 Å². The minimum atomic E-state index is 0.335. The Labute approximate surface area is 200 Å². The van der Waals surface area contributed by atoms with Gasteiger partial charge in [-0.15, -0.1) is 0 Å². The van der Waals surface area contributed by atoms with E-state index in [0.717, 1.165) is 28.7 Å².